The number of aromatic hydroxyl groups is 1. The molecule has 1 N–H and O–H groups in total. The number of phenolic OH excluding ortho intramolecular Hbond substituents is 1. The number of hydrogen-bond donors (Lipinski definition) is 1. The van der Waals surface area contributed by atoms with E-state index in [2.05, 4.69) is 0 Å². The van der Waals surface area contributed by atoms with Gasteiger partial charge in [-0.25, -0.2) is 0 Å². The Morgan fingerprint density at radius 3 is 2.06 bits per heavy atom. The molecule has 2 aliphatic rings. The van der Waals surface area contributed by atoms with Gasteiger partial charge in [-0.3, -0.25) is 9.59 Å². The maximum atomic E-state index is 12.8. The number of phenols is 1. The van der Waals surface area contributed by atoms with Crippen LogP contribution in [0.2, 0.25) is 0 Å². The van der Waals surface area contributed by atoms with Crippen molar-refractivity contribution in [3.05, 3.63) is 82.4 Å². The summed E-state index contributed by atoms with van der Waals surface area (Å²) in [4.78, 5) is 36.8. The SMILES string of the molecule is O=CC1CCC(Cc2cc(C=C3C(=O)c4ccccc4C3=O)c(O)c3ccccc23)CC1. The van der Waals surface area contributed by atoms with Crippen LogP contribution in [0.1, 0.15) is 57.5 Å². The monoisotopic (exact) mass is 424 g/mol. The minimum absolute atomic E-state index is 0.0815. The lowest BCUT2D eigenvalue weighted by Gasteiger charge is -2.26. The van der Waals surface area contributed by atoms with Crippen molar-refractivity contribution in [3.8, 4) is 5.75 Å². The highest BCUT2D eigenvalue weighted by atomic mass is 16.3. The fourth-order valence-electron chi connectivity index (χ4n) is 5.14. The van der Waals surface area contributed by atoms with Gasteiger partial charge in [0, 0.05) is 28.0 Å². The van der Waals surface area contributed by atoms with E-state index in [1.54, 1.807) is 30.3 Å². The maximum absolute atomic E-state index is 12.8. The van der Waals surface area contributed by atoms with Crippen molar-refractivity contribution in [2.75, 3.05) is 0 Å². The summed E-state index contributed by atoms with van der Waals surface area (Å²) >= 11 is 0. The van der Waals surface area contributed by atoms with Gasteiger partial charge in [-0.05, 0) is 61.1 Å². The van der Waals surface area contributed by atoms with Gasteiger partial charge < -0.3 is 9.90 Å². The minimum atomic E-state index is -0.299. The summed E-state index contributed by atoms with van der Waals surface area (Å²) in [5.41, 5.74) is 2.50. The molecule has 4 nitrogen and oxygen atoms in total. The van der Waals surface area contributed by atoms with Crippen LogP contribution in [0, 0.1) is 11.8 Å². The van der Waals surface area contributed by atoms with Crippen LogP contribution < -0.4 is 0 Å². The molecule has 0 heterocycles. The third-order valence-corrected chi connectivity index (χ3v) is 6.93. The highest BCUT2D eigenvalue weighted by Gasteiger charge is 2.33. The van der Waals surface area contributed by atoms with Gasteiger partial charge in [0.05, 0.1) is 5.57 Å². The van der Waals surface area contributed by atoms with E-state index in [4.69, 9.17) is 0 Å². The van der Waals surface area contributed by atoms with Gasteiger partial charge in [0.25, 0.3) is 0 Å². The Kier molecular flexibility index (Phi) is 5.22. The lowest BCUT2D eigenvalue weighted by Crippen LogP contribution is -2.17. The number of allylic oxidation sites excluding steroid dienone is 1. The van der Waals surface area contributed by atoms with Crippen molar-refractivity contribution < 1.29 is 19.5 Å². The Morgan fingerprint density at radius 2 is 1.44 bits per heavy atom. The summed E-state index contributed by atoms with van der Waals surface area (Å²) in [6.45, 7) is 0. The number of Topliss-reactive ketones (excluding diaryl/α,β-unsaturated/α-hetero) is 2. The smallest absolute Gasteiger partial charge is 0.197 e. The number of carbonyl (C=O) groups excluding carboxylic acids is 3. The Balaban J connectivity index is 1.55. The molecule has 5 rings (SSSR count). The average Bonchev–Trinajstić information content (AvgIpc) is 3.07. The molecule has 3 aromatic carbocycles. The third-order valence-electron chi connectivity index (χ3n) is 6.93. The lowest BCUT2D eigenvalue weighted by atomic mass is 9.79. The molecule has 2 aliphatic carbocycles. The van der Waals surface area contributed by atoms with E-state index in [1.807, 2.05) is 30.3 Å². The molecule has 0 radical (unpaired) electrons. The Hall–Kier alpha value is -3.53. The van der Waals surface area contributed by atoms with Gasteiger partial charge in [-0.2, -0.15) is 0 Å². The molecule has 0 bridgehead atoms. The summed E-state index contributed by atoms with van der Waals surface area (Å²) < 4.78 is 0. The zero-order valence-electron chi connectivity index (χ0n) is 17.7. The fourth-order valence-corrected chi connectivity index (χ4v) is 5.14. The number of ketones is 2. The zero-order valence-corrected chi connectivity index (χ0v) is 17.7. The molecule has 32 heavy (non-hydrogen) atoms. The van der Waals surface area contributed by atoms with Gasteiger partial charge in [-0.15, -0.1) is 0 Å². The quantitative estimate of drug-likeness (QED) is 0.338. The molecule has 0 aromatic heterocycles. The Bertz CT molecular complexity index is 1240. The number of benzene rings is 3. The zero-order chi connectivity index (χ0) is 22.2. The lowest BCUT2D eigenvalue weighted by molar-refractivity contribution is -0.112. The van der Waals surface area contributed by atoms with Crippen LogP contribution in [0.25, 0.3) is 16.8 Å². The van der Waals surface area contributed by atoms with Crippen LogP contribution in [0.3, 0.4) is 0 Å². The summed E-state index contributed by atoms with van der Waals surface area (Å²) in [7, 11) is 0. The molecule has 3 aromatic rings. The summed E-state index contributed by atoms with van der Waals surface area (Å²) in [5, 5.41) is 12.7. The predicted molar refractivity (Wildman–Crippen MR) is 124 cm³/mol. The molecular formula is C28H24O4. The van der Waals surface area contributed by atoms with Gasteiger partial charge in [0.1, 0.15) is 12.0 Å². The molecule has 1 fully saturated rings. The van der Waals surface area contributed by atoms with E-state index in [0.717, 1.165) is 49.3 Å². The number of fused-ring (bicyclic) bond motifs is 2. The molecule has 160 valence electrons. The summed E-state index contributed by atoms with van der Waals surface area (Å²) in [6.07, 6.45) is 7.29. The van der Waals surface area contributed by atoms with Gasteiger partial charge in [-0.1, -0.05) is 48.5 Å². The van der Waals surface area contributed by atoms with E-state index in [-0.39, 0.29) is 28.8 Å². The van der Waals surface area contributed by atoms with Crippen molar-refractivity contribution in [1.82, 2.24) is 0 Å². The molecule has 0 unspecified atom stereocenters. The molecule has 0 saturated heterocycles. The van der Waals surface area contributed by atoms with Crippen molar-refractivity contribution in [2.45, 2.75) is 32.1 Å². The van der Waals surface area contributed by atoms with Crippen molar-refractivity contribution in [1.29, 1.82) is 0 Å². The van der Waals surface area contributed by atoms with Crippen molar-refractivity contribution in [2.24, 2.45) is 11.8 Å². The molecule has 0 aliphatic heterocycles. The van der Waals surface area contributed by atoms with Crippen LogP contribution >= 0.6 is 0 Å². The third kappa shape index (κ3) is 3.46. The predicted octanol–water partition coefficient (Wildman–Crippen LogP) is 5.56. The molecule has 1 saturated carbocycles. The van der Waals surface area contributed by atoms with E-state index in [9.17, 15) is 19.5 Å². The maximum Gasteiger partial charge on any atom is 0.197 e. The van der Waals surface area contributed by atoms with Crippen LogP contribution in [0.4, 0.5) is 0 Å². The second kappa shape index (κ2) is 8.19. The average molecular weight is 424 g/mol. The number of rotatable bonds is 4. The number of aldehydes is 1. The number of carbonyl (C=O) groups is 3. The molecule has 0 spiro atoms. The summed E-state index contributed by atoms with van der Waals surface area (Å²) in [5.74, 6) is 0.125. The highest BCUT2D eigenvalue weighted by Crippen LogP contribution is 2.38. The summed E-state index contributed by atoms with van der Waals surface area (Å²) in [6, 6.07) is 16.4. The first-order valence-corrected chi connectivity index (χ1v) is 11.2. The van der Waals surface area contributed by atoms with E-state index < -0.39 is 0 Å². The normalized spacial score (nSPS) is 20.4. The molecule has 0 atom stereocenters. The van der Waals surface area contributed by atoms with Gasteiger partial charge in [0.15, 0.2) is 11.6 Å². The van der Waals surface area contributed by atoms with E-state index >= 15 is 0 Å². The Labute approximate surface area is 186 Å². The van der Waals surface area contributed by atoms with Crippen LogP contribution in [-0.2, 0) is 11.2 Å². The second-order valence-corrected chi connectivity index (χ2v) is 8.90. The van der Waals surface area contributed by atoms with Crippen LogP contribution in [0.15, 0.2) is 60.2 Å². The highest BCUT2D eigenvalue weighted by molar-refractivity contribution is 6.41. The van der Waals surface area contributed by atoms with Gasteiger partial charge >= 0.3 is 0 Å². The van der Waals surface area contributed by atoms with Crippen LogP contribution in [0.5, 0.6) is 5.75 Å². The Morgan fingerprint density at radius 1 is 0.844 bits per heavy atom. The molecule has 4 heteroatoms. The molecule has 0 amide bonds. The first-order valence-electron chi connectivity index (χ1n) is 11.2. The van der Waals surface area contributed by atoms with Crippen LogP contribution in [-0.4, -0.2) is 23.0 Å². The van der Waals surface area contributed by atoms with E-state index in [1.165, 1.54) is 0 Å². The number of hydrogen-bond acceptors (Lipinski definition) is 4. The van der Waals surface area contributed by atoms with Crippen molar-refractivity contribution in [3.63, 3.8) is 0 Å². The second-order valence-electron chi connectivity index (χ2n) is 8.90. The van der Waals surface area contributed by atoms with Crippen molar-refractivity contribution >= 4 is 34.7 Å². The molecular weight excluding hydrogens is 400 g/mol. The van der Waals surface area contributed by atoms with E-state index in [0.29, 0.717) is 28.0 Å². The van der Waals surface area contributed by atoms with Gasteiger partial charge in [0.2, 0.25) is 0 Å². The first-order chi connectivity index (χ1) is 15.6. The first kappa shape index (κ1) is 20.4. The standard InChI is InChI=1S/C28H24O4/c29-16-18-11-9-17(10-12-18)13-19-14-20(26(30)22-6-2-1-5-21(19)22)15-25-27(31)23-7-3-4-8-24(23)28(25)32/h1-8,14-18,30H,9-13H2. The minimum Gasteiger partial charge on any atom is -0.507 e. The topological polar surface area (TPSA) is 71.4 Å². The fraction of sp³-hybridized carbons (Fsp3) is 0.250. The largest absolute Gasteiger partial charge is 0.507 e.